The summed E-state index contributed by atoms with van der Waals surface area (Å²) in [6.07, 6.45) is 0. The van der Waals surface area contributed by atoms with E-state index >= 15 is 0 Å². The van der Waals surface area contributed by atoms with Crippen molar-refractivity contribution >= 4 is 35.2 Å². The molecule has 2 aliphatic rings. The number of nitrogens with one attached hydrogen (secondary N) is 1. The second-order valence-electron chi connectivity index (χ2n) is 7.99. The SMILES string of the molecule is COC1=NC(NC(=O)c2ccc(Cl)cc2)=C(C(=O)O)[N+]1(CC(C)C)c1ccc2c(c1)OCO2. The molecule has 0 radical (unpaired) electrons. The number of rotatable bonds is 6. The molecule has 10 heteroatoms. The molecule has 2 aliphatic heterocycles. The van der Waals surface area contributed by atoms with E-state index in [1.165, 1.54) is 7.11 Å². The second-order valence-corrected chi connectivity index (χ2v) is 8.42. The third kappa shape index (κ3) is 4.01. The number of aliphatic imine (C=N–C) groups is 1. The van der Waals surface area contributed by atoms with Crippen molar-refractivity contribution in [3.63, 3.8) is 0 Å². The molecule has 0 aliphatic carbocycles. The predicted molar refractivity (Wildman–Crippen MR) is 122 cm³/mol. The predicted octanol–water partition coefficient (Wildman–Crippen LogP) is 3.73. The lowest BCUT2D eigenvalue weighted by atomic mass is 10.1. The third-order valence-electron chi connectivity index (χ3n) is 5.30. The lowest BCUT2D eigenvalue weighted by Crippen LogP contribution is -2.56. The molecule has 0 spiro atoms. The van der Waals surface area contributed by atoms with Crippen LogP contribution in [0.2, 0.25) is 5.02 Å². The first kappa shape index (κ1) is 22.6. The van der Waals surface area contributed by atoms with Gasteiger partial charge in [-0.3, -0.25) is 4.79 Å². The first-order valence-corrected chi connectivity index (χ1v) is 10.6. The number of amides is 1. The Kier molecular flexibility index (Phi) is 6.01. The number of carboxylic acid groups (broad SMARTS) is 1. The molecule has 1 atom stereocenters. The van der Waals surface area contributed by atoms with Crippen LogP contribution >= 0.6 is 11.6 Å². The van der Waals surface area contributed by atoms with Crippen molar-refractivity contribution in [2.75, 3.05) is 20.4 Å². The fourth-order valence-electron chi connectivity index (χ4n) is 4.03. The van der Waals surface area contributed by atoms with E-state index in [0.29, 0.717) is 34.3 Å². The number of nitrogens with zero attached hydrogens (tertiary/aromatic N) is 2. The zero-order chi connectivity index (χ0) is 23.8. The highest BCUT2D eigenvalue weighted by Gasteiger charge is 2.54. The number of aliphatic carboxylic acids is 1. The minimum Gasteiger partial charge on any atom is -0.474 e. The van der Waals surface area contributed by atoms with Crippen LogP contribution in [-0.2, 0) is 9.53 Å². The van der Waals surface area contributed by atoms with Crippen molar-refractivity contribution in [1.29, 1.82) is 0 Å². The quantitative estimate of drug-likeness (QED) is 0.620. The molecule has 1 unspecified atom stereocenters. The van der Waals surface area contributed by atoms with Crippen LogP contribution in [0.4, 0.5) is 5.69 Å². The maximum absolute atomic E-state index is 12.9. The zero-order valence-electron chi connectivity index (χ0n) is 18.3. The summed E-state index contributed by atoms with van der Waals surface area (Å²) in [6, 6.07) is 11.5. The molecule has 9 nitrogen and oxygen atoms in total. The van der Waals surface area contributed by atoms with Gasteiger partial charge < -0.3 is 24.6 Å². The lowest BCUT2D eigenvalue weighted by Gasteiger charge is -2.34. The fourth-order valence-corrected chi connectivity index (χ4v) is 4.16. The maximum Gasteiger partial charge on any atom is 0.411 e. The van der Waals surface area contributed by atoms with Crippen LogP contribution in [0.3, 0.4) is 0 Å². The van der Waals surface area contributed by atoms with Gasteiger partial charge in [-0.05, 0) is 30.3 Å². The number of carbonyl (C=O) groups excluding carboxylic acids is 1. The van der Waals surface area contributed by atoms with E-state index in [-0.39, 0.29) is 34.7 Å². The molecule has 0 saturated heterocycles. The number of methoxy groups -OCH3 is 1. The topological polar surface area (TPSA) is 106 Å². The summed E-state index contributed by atoms with van der Waals surface area (Å²) in [5.74, 6) is -0.763. The Hall–Kier alpha value is -3.56. The molecule has 2 N–H and O–H groups in total. The molecule has 2 aromatic carbocycles. The van der Waals surface area contributed by atoms with Crippen molar-refractivity contribution < 1.29 is 28.9 Å². The van der Waals surface area contributed by atoms with Gasteiger partial charge in [-0.2, -0.15) is 4.48 Å². The number of benzene rings is 2. The average Bonchev–Trinajstić information content (AvgIpc) is 3.35. The van der Waals surface area contributed by atoms with Crippen molar-refractivity contribution in [2.24, 2.45) is 10.9 Å². The van der Waals surface area contributed by atoms with Crippen molar-refractivity contribution in [2.45, 2.75) is 13.8 Å². The molecule has 2 heterocycles. The Bertz CT molecular complexity index is 1180. The molecule has 0 saturated carbocycles. The minimum atomic E-state index is -1.24. The van der Waals surface area contributed by atoms with Crippen LogP contribution in [0, 0.1) is 5.92 Å². The van der Waals surface area contributed by atoms with Gasteiger partial charge in [0.25, 0.3) is 11.6 Å². The summed E-state index contributed by atoms with van der Waals surface area (Å²) in [7, 11) is 1.42. The van der Waals surface area contributed by atoms with Crippen LogP contribution in [0.1, 0.15) is 24.2 Å². The van der Waals surface area contributed by atoms with Gasteiger partial charge in [0.05, 0.1) is 13.7 Å². The van der Waals surface area contributed by atoms with Gasteiger partial charge in [0, 0.05) is 28.6 Å². The van der Waals surface area contributed by atoms with E-state index in [9.17, 15) is 14.7 Å². The summed E-state index contributed by atoms with van der Waals surface area (Å²) in [4.78, 5) is 29.9. The largest absolute Gasteiger partial charge is 0.474 e. The van der Waals surface area contributed by atoms with Crippen LogP contribution < -0.4 is 19.3 Å². The van der Waals surface area contributed by atoms with E-state index < -0.39 is 11.9 Å². The lowest BCUT2D eigenvalue weighted by molar-refractivity contribution is -0.134. The number of amidine groups is 1. The van der Waals surface area contributed by atoms with E-state index in [1.54, 1.807) is 42.5 Å². The summed E-state index contributed by atoms with van der Waals surface area (Å²) in [5, 5.41) is 13.4. The van der Waals surface area contributed by atoms with Gasteiger partial charge in [0.2, 0.25) is 12.6 Å². The highest BCUT2D eigenvalue weighted by atomic mass is 35.5. The van der Waals surface area contributed by atoms with Crippen LogP contribution in [-0.4, -0.2) is 43.5 Å². The average molecular weight is 473 g/mol. The van der Waals surface area contributed by atoms with E-state index in [2.05, 4.69) is 10.3 Å². The number of halogens is 1. The number of hydrogen-bond donors (Lipinski definition) is 2. The Balaban J connectivity index is 1.86. The van der Waals surface area contributed by atoms with Crippen molar-refractivity contribution in [3.8, 4) is 11.5 Å². The van der Waals surface area contributed by atoms with Crippen LogP contribution in [0.25, 0.3) is 0 Å². The maximum atomic E-state index is 12.9. The van der Waals surface area contributed by atoms with E-state index in [0.717, 1.165) is 0 Å². The Morgan fingerprint density at radius 1 is 1.18 bits per heavy atom. The Morgan fingerprint density at radius 2 is 1.88 bits per heavy atom. The highest BCUT2D eigenvalue weighted by Crippen LogP contribution is 2.43. The summed E-state index contributed by atoms with van der Waals surface area (Å²) in [5.41, 5.74) is 0.728. The molecule has 33 heavy (non-hydrogen) atoms. The van der Waals surface area contributed by atoms with Crippen molar-refractivity contribution in [1.82, 2.24) is 9.80 Å². The molecule has 0 bridgehead atoms. The fraction of sp³-hybridized carbons (Fsp3) is 0.261. The molecule has 4 rings (SSSR count). The summed E-state index contributed by atoms with van der Waals surface area (Å²) >= 11 is 5.90. The summed E-state index contributed by atoms with van der Waals surface area (Å²) in [6.45, 7) is 4.32. The smallest absolute Gasteiger partial charge is 0.411 e. The Labute approximate surface area is 195 Å². The van der Waals surface area contributed by atoms with Gasteiger partial charge in [0.15, 0.2) is 17.2 Å². The van der Waals surface area contributed by atoms with Gasteiger partial charge in [-0.25, -0.2) is 4.79 Å². The number of fused-ring (bicyclic) bond motifs is 1. The molecule has 0 aromatic heterocycles. The molecule has 0 fully saturated rings. The molecule has 172 valence electrons. The van der Waals surface area contributed by atoms with Gasteiger partial charge in [-0.1, -0.05) is 25.4 Å². The van der Waals surface area contributed by atoms with E-state index in [4.69, 9.17) is 25.8 Å². The minimum absolute atomic E-state index is 0.0384. The van der Waals surface area contributed by atoms with Gasteiger partial charge in [-0.15, -0.1) is 4.99 Å². The Morgan fingerprint density at radius 3 is 2.52 bits per heavy atom. The summed E-state index contributed by atoms with van der Waals surface area (Å²) < 4.78 is 16.2. The normalized spacial score (nSPS) is 19.0. The number of quaternary nitrogens is 1. The molecular formula is C23H23ClN3O6+. The van der Waals surface area contributed by atoms with Gasteiger partial charge in [0.1, 0.15) is 0 Å². The van der Waals surface area contributed by atoms with Crippen LogP contribution in [0.15, 0.2) is 59.0 Å². The highest BCUT2D eigenvalue weighted by molar-refractivity contribution is 6.30. The zero-order valence-corrected chi connectivity index (χ0v) is 19.0. The van der Waals surface area contributed by atoms with E-state index in [1.807, 2.05) is 13.8 Å². The monoisotopic (exact) mass is 472 g/mol. The molecule has 1 amide bonds. The molecular weight excluding hydrogens is 450 g/mol. The van der Waals surface area contributed by atoms with Gasteiger partial charge >= 0.3 is 12.0 Å². The molecule has 2 aromatic rings. The number of carboxylic acids is 1. The third-order valence-corrected chi connectivity index (χ3v) is 5.55. The standard InChI is InChI=1S/C23H22ClN3O6/c1-13(2)11-27(16-8-9-17-18(10-16)33-12-32-17)19(22(29)30)20(26-23(27)31-3)25-21(28)14-4-6-15(24)7-5-14/h4-10,13H,11-12H2,1-3H3,(H-,25,28,29,30)/p+1. The number of ether oxygens (including phenoxy) is 3. The van der Waals surface area contributed by atoms with Crippen molar-refractivity contribution in [3.05, 3.63) is 64.6 Å². The first-order chi connectivity index (χ1) is 15.8. The second kappa shape index (κ2) is 8.76. The first-order valence-electron chi connectivity index (χ1n) is 10.2. The van der Waals surface area contributed by atoms with Crippen LogP contribution in [0.5, 0.6) is 11.5 Å². The number of carbonyl (C=O) groups is 2. The number of hydrogen-bond acceptors (Lipinski definition) is 6.